The fraction of sp³-hybridized carbons (Fsp3) is 0.381. The third-order valence-electron chi connectivity index (χ3n) is 4.84. The summed E-state index contributed by atoms with van der Waals surface area (Å²) in [5, 5.41) is 2.92. The molecule has 2 aromatic carbocycles. The van der Waals surface area contributed by atoms with E-state index >= 15 is 0 Å². The number of piperazine rings is 1. The Kier molecular flexibility index (Phi) is 8.57. The number of ether oxygens (including phenoxy) is 2. The smallest absolute Gasteiger partial charge is 0.228 e. The predicted octanol–water partition coefficient (Wildman–Crippen LogP) is 3.24. The maximum atomic E-state index is 12.3. The number of rotatable bonds is 7. The molecule has 1 aliphatic rings. The van der Waals surface area contributed by atoms with Gasteiger partial charge in [0, 0.05) is 39.0 Å². The van der Waals surface area contributed by atoms with Gasteiger partial charge in [0.2, 0.25) is 5.91 Å². The molecule has 28 heavy (non-hydrogen) atoms. The van der Waals surface area contributed by atoms with E-state index in [1.165, 1.54) is 0 Å². The third-order valence-corrected chi connectivity index (χ3v) is 4.84. The van der Waals surface area contributed by atoms with Crippen molar-refractivity contribution in [3.63, 3.8) is 0 Å². The Morgan fingerprint density at radius 2 is 1.64 bits per heavy atom. The highest BCUT2D eigenvalue weighted by atomic mass is 35.5. The van der Waals surface area contributed by atoms with E-state index in [9.17, 15) is 4.79 Å². The lowest BCUT2D eigenvalue weighted by atomic mass is 10.2. The average molecular weight is 406 g/mol. The number of nitrogens with one attached hydrogen (secondary N) is 1. The molecule has 1 aliphatic heterocycles. The van der Waals surface area contributed by atoms with Gasteiger partial charge in [-0.25, -0.2) is 0 Å². The summed E-state index contributed by atoms with van der Waals surface area (Å²) < 4.78 is 11.1. The highest BCUT2D eigenvalue weighted by Crippen LogP contribution is 2.28. The van der Waals surface area contributed by atoms with Crippen LogP contribution in [0.5, 0.6) is 5.75 Å². The van der Waals surface area contributed by atoms with Gasteiger partial charge in [-0.15, -0.1) is 12.4 Å². The van der Waals surface area contributed by atoms with Crippen LogP contribution in [0.1, 0.15) is 6.42 Å². The van der Waals surface area contributed by atoms with Crippen LogP contribution < -0.4 is 15.0 Å². The van der Waals surface area contributed by atoms with Crippen LogP contribution in [0.4, 0.5) is 11.4 Å². The molecule has 1 atom stereocenters. The summed E-state index contributed by atoms with van der Waals surface area (Å²) in [5.41, 5.74) is 1.91. The van der Waals surface area contributed by atoms with Crippen molar-refractivity contribution >= 4 is 29.7 Å². The van der Waals surface area contributed by atoms with E-state index in [1.54, 1.807) is 14.2 Å². The SMILES string of the molecule is COc1ccccc1N1CCN(C(CC(=O)Nc2ccccc2)OC)CC1.Cl. The standard InChI is InChI=1S/C21H27N3O3.ClH/c1-26-19-11-7-6-10-18(19)23-12-14-24(15-13-23)21(27-2)16-20(25)22-17-8-4-3-5-9-17;/h3-11,21H,12-16H2,1-2H3,(H,22,25);1H. The summed E-state index contributed by atoms with van der Waals surface area (Å²) in [6.07, 6.45) is 0.0774. The molecule has 2 aromatic rings. The van der Waals surface area contributed by atoms with Crippen LogP contribution in [0.25, 0.3) is 0 Å². The number of carbonyl (C=O) groups excluding carboxylic acids is 1. The number of amides is 1. The quantitative estimate of drug-likeness (QED) is 0.766. The van der Waals surface area contributed by atoms with Crippen molar-refractivity contribution < 1.29 is 14.3 Å². The monoisotopic (exact) mass is 405 g/mol. The van der Waals surface area contributed by atoms with Crippen LogP contribution in [-0.4, -0.2) is 57.4 Å². The molecule has 0 bridgehead atoms. The molecule has 1 unspecified atom stereocenters. The normalized spacial score (nSPS) is 15.4. The zero-order valence-electron chi connectivity index (χ0n) is 16.3. The van der Waals surface area contributed by atoms with Gasteiger partial charge in [0.05, 0.1) is 19.2 Å². The molecule has 1 N–H and O–H groups in total. The second-order valence-electron chi connectivity index (χ2n) is 6.50. The van der Waals surface area contributed by atoms with Crippen LogP contribution in [0, 0.1) is 0 Å². The summed E-state index contributed by atoms with van der Waals surface area (Å²) in [7, 11) is 3.36. The minimum absolute atomic E-state index is 0. The number of carbonyl (C=O) groups is 1. The van der Waals surface area contributed by atoms with E-state index < -0.39 is 0 Å². The molecule has 0 saturated carbocycles. The van der Waals surface area contributed by atoms with Gasteiger partial charge in [-0.1, -0.05) is 30.3 Å². The molecule has 0 aliphatic carbocycles. The first-order valence-corrected chi connectivity index (χ1v) is 9.21. The molecule has 0 aromatic heterocycles. The minimum atomic E-state index is -0.228. The Hall–Kier alpha value is -2.28. The summed E-state index contributed by atoms with van der Waals surface area (Å²) in [6.45, 7) is 3.38. The molecule has 0 radical (unpaired) electrons. The van der Waals surface area contributed by atoms with Gasteiger partial charge in [0.15, 0.2) is 0 Å². The first-order valence-electron chi connectivity index (χ1n) is 9.21. The average Bonchev–Trinajstić information content (AvgIpc) is 2.73. The third kappa shape index (κ3) is 5.61. The second kappa shape index (κ2) is 10.9. The lowest BCUT2D eigenvalue weighted by molar-refractivity contribution is -0.123. The largest absolute Gasteiger partial charge is 0.495 e. The van der Waals surface area contributed by atoms with Gasteiger partial charge >= 0.3 is 0 Å². The molecular formula is C21H28ClN3O3. The van der Waals surface area contributed by atoms with Crippen molar-refractivity contribution in [2.24, 2.45) is 0 Å². The molecular weight excluding hydrogens is 378 g/mol. The van der Waals surface area contributed by atoms with E-state index in [-0.39, 0.29) is 24.5 Å². The Morgan fingerprint density at radius 3 is 2.29 bits per heavy atom. The van der Waals surface area contributed by atoms with Gasteiger partial charge in [0.25, 0.3) is 0 Å². The highest BCUT2D eigenvalue weighted by molar-refractivity contribution is 5.90. The first-order chi connectivity index (χ1) is 13.2. The maximum absolute atomic E-state index is 12.3. The molecule has 1 saturated heterocycles. The van der Waals surface area contributed by atoms with Crippen LogP contribution in [0.3, 0.4) is 0 Å². The van der Waals surface area contributed by atoms with Crippen molar-refractivity contribution in [1.29, 1.82) is 0 Å². The van der Waals surface area contributed by atoms with Crippen LogP contribution >= 0.6 is 12.4 Å². The predicted molar refractivity (Wildman–Crippen MR) is 115 cm³/mol. The van der Waals surface area contributed by atoms with Gasteiger partial charge in [0.1, 0.15) is 12.0 Å². The van der Waals surface area contributed by atoms with E-state index in [2.05, 4.69) is 21.2 Å². The van der Waals surface area contributed by atoms with Gasteiger partial charge in [-0.3, -0.25) is 9.69 Å². The number of hydrogen-bond acceptors (Lipinski definition) is 5. The number of benzene rings is 2. The van der Waals surface area contributed by atoms with Crippen LogP contribution in [-0.2, 0) is 9.53 Å². The number of methoxy groups -OCH3 is 2. The first kappa shape index (κ1) is 22.0. The zero-order valence-corrected chi connectivity index (χ0v) is 17.2. The molecule has 3 rings (SSSR count). The fourth-order valence-electron chi connectivity index (χ4n) is 3.40. The molecule has 6 nitrogen and oxygen atoms in total. The molecule has 1 fully saturated rings. The number of halogens is 1. The van der Waals surface area contributed by atoms with Crippen LogP contribution in [0.15, 0.2) is 54.6 Å². The highest BCUT2D eigenvalue weighted by Gasteiger charge is 2.26. The van der Waals surface area contributed by atoms with Crippen molar-refractivity contribution in [2.75, 3.05) is 50.6 Å². The van der Waals surface area contributed by atoms with Crippen LogP contribution in [0.2, 0.25) is 0 Å². The van der Waals surface area contributed by atoms with E-state index in [4.69, 9.17) is 9.47 Å². The second-order valence-corrected chi connectivity index (χ2v) is 6.50. The fourth-order valence-corrected chi connectivity index (χ4v) is 3.40. The number of nitrogens with zero attached hydrogens (tertiary/aromatic N) is 2. The Bertz CT molecular complexity index is 737. The number of anilines is 2. The molecule has 7 heteroatoms. The Labute approximate surface area is 172 Å². The van der Waals surface area contributed by atoms with Crippen molar-refractivity contribution in [3.8, 4) is 5.75 Å². The Morgan fingerprint density at radius 1 is 1.00 bits per heavy atom. The van der Waals surface area contributed by atoms with Crippen molar-refractivity contribution in [2.45, 2.75) is 12.6 Å². The molecule has 1 amide bonds. The van der Waals surface area contributed by atoms with E-state index in [0.29, 0.717) is 6.42 Å². The Balaban J connectivity index is 0.00000280. The molecule has 0 spiro atoms. The number of para-hydroxylation sites is 3. The minimum Gasteiger partial charge on any atom is -0.495 e. The van der Waals surface area contributed by atoms with E-state index in [0.717, 1.165) is 43.3 Å². The lowest BCUT2D eigenvalue weighted by Crippen LogP contribution is -2.51. The summed E-state index contributed by atoms with van der Waals surface area (Å²) in [5.74, 6) is 0.844. The summed E-state index contributed by atoms with van der Waals surface area (Å²) >= 11 is 0. The summed E-state index contributed by atoms with van der Waals surface area (Å²) in [4.78, 5) is 16.9. The van der Waals surface area contributed by atoms with Crippen molar-refractivity contribution in [3.05, 3.63) is 54.6 Å². The maximum Gasteiger partial charge on any atom is 0.228 e. The molecule has 152 valence electrons. The van der Waals surface area contributed by atoms with Gasteiger partial charge in [-0.05, 0) is 24.3 Å². The van der Waals surface area contributed by atoms with Gasteiger partial charge in [-0.2, -0.15) is 0 Å². The van der Waals surface area contributed by atoms with E-state index in [1.807, 2.05) is 48.5 Å². The van der Waals surface area contributed by atoms with Crippen molar-refractivity contribution in [1.82, 2.24) is 4.90 Å². The lowest BCUT2D eigenvalue weighted by Gasteiger charge is -2.39. The summed E-state index contributed by atoms with van der Waals surface area (Å²) in [6, 6.07) is 17.6. The topological polar surface area (TPSA) is 54.0 Å². The van der Waals surface area contributed by atoms with Gasteiger partial charge < -0.3 is 19.7 Å². The number of hydrogen-bond donors (Lipinski definition) is 1. The zero-order chi connectivity index (χ0) is 19.1. The molecule has 1 heterocycles.